The van der Waals surface area contributed by atoms with Gasteiger partial charge in [-0.25, -0.2) is 0 Å². The van der Waals surface area contributed by atoms with E-state index in [-0.39, 0.29) is 24.9 Å². The highest BCUT2D eigenvalue weighted by Crippen LogP contribution is 2.30. The average Bonchev–Trinajstić information content (AvgIpc) is 3.37. The lowest BCUT2D eigenvalue weighted by Gasteiger charge is -2.22. The van der Waals surface area contributed by atoms with Gasteiger partial charge in [-0.1, -0.05) is 12.1 Å². The third-order valence-electron chi connectivity index (χ3n) is 4.34. The van der Waals surface area contributed by atoms with Gasteiger partial charge in [0.05, 0.1) is 18.8 Å². The molecular weight excluding hydrogens is 296 g/mol. The highest BCUT2D eigenvalue weighted by Gasteiger charge is 2.33. The summed E-state index contributed by atoms with van der Waals surface area (Å²) in [6, 6.07) is 6.92. The second-order valence-corrected chi connectivity index (χ2v) is 6.28. The summed E-state index contributed by atoms with van der Waals surface area (Å²) < 4.78 is 5.22. The Morgan fingerprint density at radius 1 is 1.30 bits per heavy atom. The van der Waals surface area contributed by atoms with Gasteiger partial charge in [-0.3, -0.25) is 9.59 Å². The Morgan fingerprint density at radius 3 is 2.74 bits per heavy atom. The Morgan fingerprint density at radius 2 is 2.04 bits per heavy atom. The van der Waals surface area contributed by atoms with Crippen molar-refractivity contribution in [2.45, 2.75) is 18.9 Å². The van der Waals surface area contributed by atoms with Crippen molar-refractivity contribution in [2.75, 3.05) is 33.3 Å². The van der Waals surface area contributed by atoms with Crippen LogP contribution < -0.4 is 4.74 Å². The molecule has 6 nitrogen and oxygen atoms in total. The van der Waals surface area contributed by atoms with Crippen LogP contribution in [-0.4, -0.2) is 66.1 Å². The maximum Gasteiger partial charge on any atom is 0.258 e. The van der Waals surface area contributed by atoms with Gasteiger partial charge in [0, 0.05) is 19.6 Å². The molecule has 1 atom stereocenters. The first-order valence-electron chi connectivity index (χ1n) is 7.96. The largest absolute Gasteiger partial charge is 0.496 e. The predicted octanol–water partition coefficient (Wildman–Crippen LogP) is 0.750. The maximum atomic E-state index is 12.7. The molecule has 0 aromatic heterocycles. The van der Waals surface area contributed by atoms with Crippen molar-refractivity contribution in [1.82, 2.24) is 9.80 Å². The van der Waals surface area contributed by atoms with Crippen LogP contribution in [0, 0.1) is 5.92 Å². The minimum absolute atomic E-state index is 0.000657. The number of para-hydroxylation sites is 1. The van der Waals surface area contributed by atoms with Crippen LogP contribution >= 0.6 is 0 Å². The number of aliphatic hydroxyl groups excluding tert-OH is 1. The van der Waals surface area contributed by atoms with Gasteiger partial charge in [-0.15, -0.1) is 0 Å². The fourth-order valence-electron chi connectivity index (χ4n) is 2.93. The highest BCUT2D eigenvalue weighted by molar-refractivity contribution is 5.99. The molecule has 1 aliphatic carbocycles. The fraction of sp³-hybridized carbons (Fsp3) is 0.529. The molecule has 1 unspecified atom stereocenters. The van der Waals surface area contributed by atoms with Crippen molar-refractivity contribution in [3.63, 3.8) is 0 Å². The summed E-state index contributed by atoms with van der Waals surface area (Å²) >= 11 is 0. The number of methoxy groups -OCH3 is 1. The van der Waals surface area contributed by atoms with Gasteiger partial charge in [0.1, 0.15) is 12.3 Å². The van der Waals surface area contributed by atoms with Crippen LogP contribution in [0.3, 0.4) is 0 Å². The van der Waals surface area contributed by atoms with E-state index in [4.69, 9.17) is 4.74 Å². The van der Waals surface area contributed by atoms with Crippen LogP contribution in [0.2, 0.25) is 0 Å². The number of rotatable bonds is 4. The summed E-state index contributed by atoms with van der Waals surface area (Å²) in [5.74, 6) is 0.640. The van der Waals surface area contributed by atoms with Crippen LogP contribution in [0.1, 0.15) is 23.2 Å². The third-order valence-corrected chi connectivity index (χ3v) is 4.34. The number of ether oxygens (including phenoxy) is 1. The first-order chi connectivity index (χ1) is 11.1. The monoisotopic (exact) mass is 318 g/mol. The first kappa shape index (κ1) is 15.8. The Balaban J connectivity index is 1.76. The molecule has 2 amide bonds. The smallest absolute Gasteiger partial charge is 0.258 e. The SMILES string of the molecule is COc1ccccc1C(=O)N1CC(=O)N(CC2CC2)CC(O)C1. The summed E-state index contributed by atoms with van der Waals surface area (Å²) in [5, 5.41) is 10.2. The average molecular weight is 318 g/mol. The molecule has 1 aromatic carbocycles. The normalized spacial score (nSPS) is 22.0. The number of β-amino-alcohol motifs (C(OH)–C–C–N with tert-alkyl or cyclic N) is 1. The van der Waals surface area contributed by atoms with Gasteiger partial charge in [0.15, 0.2) is 0 Å². The number of hydrogen-bond acceptors (Lipinski definition) is 4. The Bertz CT molecular complexity index is 600. The minimum Gasteiger partial charge on any atom is -0.496 e. The number of benzene rings is 1. The summed E-state index contributed by atoms with van der Waals surface area (Å²) in [5.41, 5.74) is 0.408. The van der Waals surface area contributed by atoms with Crippen molar-refractivity contribution in [3.8, 4) is 5.75 Å². The maximum absolute atomic E-state index is 12.7. The Labute approximate surface area is 135 Å². The fourth-order valence-corrected chi connectivity index (χ4v) is 2.93. The molecule has 1 N–H and O–H groups in total. The number of nitrogens with zero attached hydrogens (tertiary/aromatic N) is 2. The van der Waals surface area contributed by atoms with Crippen molar-refractivity contribution in [1.29, 1.82) is 0 Å². The number of carbonyl (C=O) groups is 2. The van der Waals surface area contributed by atoms with Gasteiger partial charge < -0.3 is 19.6 Å². The summed E-state index contributed by atoms with van der Waals surface area (Å²) in [7, 11) is 1.51. The lowest BCUT2D eigenvalue weighted by molar-refractivity contribution is -0.131. The molecule has 0 radical (unpaired) electrons. The van der Waals surface area contributed by atoms with Crippen LogP contribution in [0.25, 0.3) is 0 Å². The second kappa shape index (κ2) is 6.58. The zero-order valence-corrected chi connectivity index (χ0v) is 13.3. The number of hydrogen-bond donors (Lipinski definition) is 1. The van der Waals surface area contributed by atoms with Gasteiger partial charge in [-0.05, 0) is 30.9 Å². The summed E-state index contributed by atoms with van der Waals surface area (Å²) in [4.78, 5) is 28.2. The van der Waals surface area contributed by atoms with Gasteiger partial charge in [0.2, 0.25) is 5.91 Å². The van der Waals surface area contributed by atoms with E-state index < -0.39 is 6.10 Å². The molecule has 0 spiro atoms. The molecule has 1 heterocycles. The molecule has 124 valence electrons. The van der Waals surface area contributed by atoms with E-state index in [1.807, 2.05) is 0 Å². The molecule has 1 aliphatic heterocycles. The van der Waals surface area contributed by atoms with Crippen LogP contribution in [0.15, 0.2) is 24.3 Å². The van der Waals surface area contributed by atoms with Crippen LogP contribution in [-0.2, 0) is 4.79 Å². The molecule has 23 heavy (non-hydrogen) atoms. The second-order valence-electron chi connectivity index (χ2n) is 6.28. The zero-order chi connectivity index (χ0) is 16.4. The minimum atomic E-state index is -0.723. The highest BCUT2D eigenvalue weighted by atomic mass is 16.5. The molecule has 3 rings (SSSR count). The lowest BCUT2D eigenvalue weighted by Crippen LogP contribution is -2.40. The Kier molecular flexibility index (Phi) is 4.52. The number of amides is 2. The molecular formula is C17H22N2O4. The first-order valence-corrected chi connectivity index (χ1v) is 7.96. The quantitative estimate of drug-likeness (QED) is 0.889. The van der Waals surface area contributed by atoms with E-state index in [1.165, 1.54) is 12.0 Å². The number of aliphatic hydroxyl groups is 1. The van der Waals surface area contributed by atoms with Crippen molar-refractivity contribution >= 4 is 11.8 Å². The molecule has 1 saturated heterocycles. The van der Waals surface area contributed by atoms with E-state index >= 15 is 0 Å². The van der Waals surface area contributed by atoms with Gasteiger partial charge in [-0.2, -0.15) is 0 Å². The Hall–Kier alpha value is -2.08. The van der Waals surface area contributed by atoms with E-state index in [0.717, 1.165) is 12.8 Å². The third kappa shape index (κ3) is 3.64. The molecule has 1 aromatic rings. The molecule has 2 aliphatic rings. The van der Waals surface area contributed by atoms with Crippen molar-refractivity contribution in [2.24, 2.45) is 5.92 Å². The van der Waals surface area contributed by atoms with Gasteiger partial charge in [0.25, 0.3) is 5.91 Å². The van der Waals surface area contributed by atoms with Gasteiger partial charge >= 0.3 is 0 Å². The standard InChI is InChI=1S/C17H22N2O4/c1-23-15-5-3-2-4-14(15)17(22)19-10-13(20)9-18(16(21)11-19)8-12-6-7-12/h2-5,12-13,20H,6-11H2,1H3. The zero-order valence-electron chi connectivity index (χ0n) is 13.3. The van der Waals surface area contributed by atoms with Crippen molar-refractivity contribution in [3.05, 3.63) is 29.8 Å². The van der Waals surface area contributed by atoms with E-state index in [9.17, 15) is 14.7 Å². The topological polar surface area (TPSA) is 70.1 Å². The van der Waals surface area contributed by atoms with Crippen LogP contribution in [0.4, 0.5) is 0 Å². The van der Waals surface area contributed by atoms with Crippen LogP contribution in [0.5, 0.6) is 5.75 Å². The molecule has 2 fully saturated rings. The summed E-state index contributed by atoms with van der Waals surface area (Å²) in [6.45, 7) is 1.14. The lowest BCUT2D eigenvalue weighted by atomic mass is 10.1. The molecule has 0 bridgehead atoms. The molecule has 1 saturated carbocycles. The number of carbonyl (C=O) groups excluding carboxylic acids is 2. The molecule has 6 heteroatoms. The summed E-state index contributed by atoms with van der Waals surface area (Å²) in [6.07, 6.45) is 1.56. The van der Waals surface area contributed by atoms with E-state index in [0.29, 0.717) is 30.3 Å². The van der Waals surface area contributed by atoms with E-state index in [1.54, 1.807) is 29.2 Å². The van der Waals surface area contributed by atoms with E-state index in [2.05, 4.69) is 0 Å². The predicted molar refractivity (Wildman–Crippen MR) is 84.2 cm³/mol. The van der Waals surface area contributed by atoms with Crippen molar-refractivity contribution < 1.29 is 19.4 Å².